The molecule has 0 saturated carbocycles. The predicted molar refractivity (Wildman–Crippen MR) is 132 cm³/mol. The maximum atomic E-state index is 12.9. The lowest BCUT2D eigenvalue weighted by atomic mass is 10.2. The number of rotatable bonds is 8. The van der Waals surface area contributed by atoms with Gasteiger partial charge in [-0.3, -0.25) is 9.89 Å². The van der Waals surface area contributed by atoms with Crippen LogP contribution in [-0.4, -0.2) is 31.3 Å². The number of aryl methyl sites for hydroxylation is 1. The van der Waals surface area contributed by atoms with Gasteiger partial charge in [0.05, 0.1) is 15.8 Å². The molecule has 0 atom stereocenters. The first-order chi connectivity index (χ1) is 15.8. The number of halogens is 3. The maximum Gasteiger partial charge on any atom is 0.208 e. The van der Waals surface area contributed by atoms with Gasteiger partial charge < -0.3 is 9.30 Å². The van der Waals surface area contributed by atoms with Crippen LogP contribution in [0.25, 0.3) is 5.69 Å². The number of carbonyl (C=O) groups excluding carboxylic acids is 1. The molecule has 0 spiro atoms. The Morgan fingerprint density at radius 2 is 1.82 bits per heavy atom. The normalized spacial score (nSPS) is 11.1. The van der Waals surface area contributed by atoms with Crippen molar-refractivity contribution in [1.82, 2.24) is 19.7 Å². The highest BCUT2D eigenvalue weighted by Gasteiger charge is 2.18. The number of nitrogens with zero attached hydrogens (tertiary/aromatic N) is 3. The molecule has 2 aromatic carbocycles. The van der Waals surface area contributed by atoms with Gasteiger partial charge in [-0.05, 0) is 62.4 Å². The number of nitrogens with one attached hydrogen (secondary N) is 1. The molecule has 2 heterocycles. The third kappa shape index (κ3) is 5.55. The minimum atomic E-state index is -0.0109. The molecule has 4 rings (SSSR count). The molecular weight excluding hydrogens is 503 g/mol. The lowest BCUT2D eigenvalue weighted by Gasteiger charge is -2.11. The topological polar surface area (TPSA) is 72.8 Å². The Bertz CT molecular complexity index is 1300. The van der Waals surface area contributed by atoms with Gasteiger partial charge >= 0.3 is 0 Å². The van der Waals surface area contributed by atoms with Crippen LogP contribution in [0.3, 0.4) is 0 Å². The average Bonchev–Trinajstić information content (AvgIpc) is 3.37. The van der Waals surface area contributed by atoms with E-state index < -0.39 is 0 Å². The third-order valence-corrected chi connectivity index (χ3v) is 6.76. The highest BCUT2D eigenvalue weighted by Crippen LogP contribution is 2.28. The molecular formula is C23H19Cl3N4O2S. The molecule has 0 unspecified atom stereocenters. The Hall–Kier alpha value is -2.45. The maximum absolute atomic E-state index is 12.9. The summed E-state index contributed by atoms with van der Waals surface area (Å²) in [6.45, 7) is 4.09. The van der Waals surface area contributed by atoms with Gasteiger partial charge in [0.15, 0.2) is 11.6 Å². The van der Waals surface area contributed by atoms with Gasteiger partial charge in [-0.2, -0.15) is 0 Å². The van der Waals surface area contributed by atoms with Crippen molar-refractivity contribution in [3.63, 3.8) is 0 Å². The number of ketones is 1. The van der Waals surface area contributed by atoms with Gasteiger partial charge in [0.1, 0.15) is 12.4 Å². The zero-order valence-electron chi connectivity index (χ0n) is 17.7. The van der Waals surface area contributed by atoms with Crippen molar-refractivity contribution in [3.05, 3.63) is 86.4 Å². The van der Waals surface area contributed by atoms with Crippen LogP contribution in [0.1, 0.15) is 27.6 Å². The smallest absolute Gasteiger partial charge is 0.208 e. The highest BCUT2D eigenvalue weighted by atomic mass is 35.5. The number of carbonyl (C=O) groups is 1. The van der Waals surface area contributed by atoms with Gasteiger partial charge in [0, 0.05) is 27.7 Å². The Labute approximate surface area is 210 Å². The van der Waals surface area contributed by atoms with Crippen LogP contribution in [0.2, 0.25) is 15.1 Å². The monoisotopic (exact) mass is 520 g/mol. The average molecular weight is 522 g/mol. The molecule has 170 valence electrons. The second kappa shape index (κ2) is 10.2. The predicted octanol–water partition coefficient (Wildman–Crippen LogP) is 6.73. The molecule has 0 amide bonds. The summed E-state index contributed by atoms with van der Waals surface area (Å²) < 4.78 is 7.64. The quantitative estimate of drug-likeness (QED) is 0.206. The molecule has 0 bridgehead atoms. The SMILES string of the molecule is Cc1cc(C(=O)CSc2n[nH]c(COc3ccc(Cl)cc3)n2)c(C)n1-c1ccc(Cl)c(Cl)c1. The van der Waals surface area contributed by atoms with E-state index in [1.54, 1.807) is 36.4 Å². The Morgan fingerprint density at radius 3 is 2.55 bits per heavy atom. The van der Waals surface area contributed by atoms with E-state index in [9.17, 15) is 4.79 Å². The van der Waals surface area contributed by atoms with E-state index in [0.29, 0.717) is 37.4 Å². The van der Waals surface area contributed by atoms with Gasteiger partial charge in [0.25, 0.3) is 0 Å². The summed E-state index contributed by atoms with van der Waals surface area (Å²) in [5, 5.41) is 9.07. The molecule has 0 aliphatic carbocycles. The Morgan fingerprint density at radius 1 is 1.06 bits per heavy atom. The summed E-state index contributed by atoms with van der Waals surface area (Å²) in [6.07, 6.45) is 0. The molecule has 0 radical (unpaired) electrons. The van der Waals surface area contributed by atoms with E-state index in [1.165, 1.54) is 11.8 Å². The van der Waals surface area contributed by atoms with Crippen LogP contribution < -0.4 is 4.74 Å². The van der Waals surface area contributed by atoms with Gasteiger partial charge in [-0.1, -0.05) is 46.6 Å². The number of thioether (sulfide) groups is 1. The number of hydrogen-bond donors (Lipinski definition) is 1. The number of H-pyrrole nitrogens is 1. The van der Waals surface area contributed by atoms with Crippen LogP contribution in [0.5, 0.6) is 5.75 Å². The Balaban J connectivity index is 1.39. The first-order valence-electron chi connectivity index (χ1n) is 9.92. The number of aromatic nitrogens is 4. The van der Waals surface area contributed by atoms with E-state index in [2.05, 4.69) is 15.2 Å². The highest BCUT2D eigenvalue weighted by molar-refractivity contribution is 7.99. The van der Waals surface area contributed by atoms with Crippen molar-refractivity contribution < 1.29 is 9.53 Å². The van der Waals surface area contributed by atoms with Gasteiger partial charge in [0.2, 0.25) is 5.16 Å². The zero-order valence-corrected chi connectivity index (χ0v) is 20.8. The van der Waals surface area contributed by atoms with Crippen molar-refractivity contribution in [2.75, 3.05) is 5.75 Å². The van der Waals surface area contributed by atoms with E-state index in [1.807, 2.05) is 30.5 Å². The van der Waals surface area contributed by atoms with E-state index >= 15 is 0 Å². The molecule has 2 aromatic heterocycles. The van der Waals surface area contributed by atoms with Crippen LogP contribution in [0, 0.1) is 13.8 Å². The second-order valence-electron chi connectivity index (χ2n) is 7.24. The molecule has 6 nitrogen and oxygen atoms in total. The van der Waals surface area contributed by atoms with Gasteiger partial charge in [-0.15, -0.1) is 5.10 Å². The fourth-order valence-electron chi connectivity index (χ4n) is 3.36. The third-order valence-electron chi connectivity index (χ3n) is 4.93. The van der Waals surface area contributed by atoms with Crippen molar-refractivity contribution in [3.8, 4) is 11.4 Å². The minimum absolute atomic E-state index is 0.0109. The summed E-state index contributed by atoms with van der Waals surface area (Å²) in [5.74, 6) is 1.44. The molecule has 10 heteroatoms. The largest absolute Gasteiger partial charge is 0.486 e. The van der Waals surface area contributed by atoms with Gasteiger partial charge in [-0.25, -0.2) is 4.98 Å². The fraction of sp³-hybridized carbons (Fsp3) is 0.174. The summed E-state index contributed by atoms with van der Waals surface area (Å²) in [7, 11) is 0. The summed E-state index contributed by atoms with van der Waals surface area (Å²) >= 11 is 19.4. The van der Waals surface area contributed by atoms with Crippen molar-refractivity contribution in [2.45, 2.75) is 25.6 Å². The van der Waals surface area contributed by atoms with Crippen molar-refractivity contribution in [1.29, 1.82) is 0 Å². The standard InChI is InChI=1S/C23H19Cl3N4O2S/c1-13-9-18(14(2)30(13)16-5-8-19(25)20(26)10-16)21(31)12-33-23-27-22(28-29-23)11-32-17-6-3-15(24)4-7-17/h3-10H,11-12H2,1-2H3,(H,27,28,29). The molecule has 33 heavy (non-hydrogen) atoms. The molecule has 1 N–H and O–H groups in total. The lowest BCUT2D eigenvalue weighted by Crippen LogP contribution is -2.06. The molecule has 0 aliphatic rings. The van der Waals surface area contributed by atoms with E-state index in [-0.39, 0.29) is 18.1 Å². The summed E-state index contributed by atoms with van der Waals surface area (Å²) in [6, 6.07) is 14.3. The first kappa shape index (κ1) is 23.7. The van der Waals surface area contributed by atoms with Crippen molar-refractivity contribution in [2.24, 2.45) is 0 Å². The summed E-state index contributed by atoms with van der Waals surface area (Å²) in [5.41, 5.74) is 3.26. The summed E-state index contributed by atoms with van der Waals surface area (Å²) in [4.78, 5) is 17.3. The lowest BCUT2D eigenvalue weighted by molar-refractivity contribution is 0.102. The number of benzene rings is 2. The minimum Gasteiger partial charge on any atom is -0.486 e. The van der Waals surface area contributed by atoms with Crippen LogP contribution >= 0.6 is 46.6 Å². The fourth-order valence-corrected chi connectivity index (χ4v) is 4.48. The van der Waals surface area contributed by atoms with Crippen LogP contribution in [0.4, 0.5) is 0 Å². The van der Waals surface area contributed by atoms with Crippen LogP contribution in [-0.2, 0) is 6.61 Å². The molecule has 0 aliphatic heterocycles. The van der Waals surface area contributed by atoms with Crippen molar-refractivity contribution >= 4 is 52.3 Å². The van der Waals surface area contributed by atoms with Crippen LogP contribution in [0.15, 0.2) is 53.7 Å². The zero-order chi connectivity index (χ0) is 23.5. The van der Waals surface area contributed by atoms with E-state index in [4.69, 9.17) is 39.5 Å². The second-order valence-corrected chi connectivity index (χ2v) is 9.43. The Kier molecular flexibility index (Phi) is 7.34. The first-order valence-corrected chi connectivity index (χ1v) is 12.0. The molecule has 0 fully saturated rings. The molecule has 0 saturated heterocycles. The molecule has 4 aromatic rings. The van der Waals surface area contributed by atoms with E-state index in [0.717, 1.165) is 17.1 Å². The number of aromatic amines is 1. The number of ether oxygens (including phenoxy) is 1. The number of Topliss-reactive ketones (excluding diaryl/α,β-unsaturated/α-hetero) is 1. The number of hydrogen-bond acceptors (Lipinski definition) is 5.